The van der Waals surface area contributed by atoms with E-state index in [9.17, 15) is 9.59 Å². The summed E-state index contributed by atoms with van der Waals surface area (Å²) in [6.07, 6.45) is 0. The molecule has 0 aromatic heterocycles. The lowest BCUT2D eigenvalue weighted by Crippen LogP contribution is -2.21. The first kappa shape index (κ1) is 15.3. The maximum Gasteiger partial charge on any atom is 0.256 e. The summed E-state index contributed by atoms with van der Waals surface area (Å²) < 4.78 is 0.750. The predicted molar refractivity (Wildman–Crippen MR) is 86.7 cm³/mol. The molecule has 0 heterocycles. The third-order valence-corrected chi connectivity index (χ3v) is 4.14. The number of hydrogen-bond acceptors (Lipinski definition) is 2. The Hall–Kier alpha value is -2.14. The van der Waals surface area contributed by atoms with Gasteiger partial charge in [0.1, 0.15) is 0 Å². The fraction of sp³-hybridized carbons (Fsp3) is 0.125. The van der Waals surface area contributed by atoms with Crippen molar-refractivity contribution in [2.45, 2.75) is 6.92 Å². The van der Waals surface area contributed by atoms with Crippen LogP contribution in [0, 0.1) is 6.92 Å². The SMILES string of the molecule is CNC(=O)c1ccccc1NC(=O)c1cccc(C)c1Br. The van der Waals surface area contributed by atoms with Gasteiger partial charge in [0.2, 0.25) is 0 Å². The monoisotopic (exact) mass is 346 g/mol. The molecule has 0 atom stereocenters. The van der Waals surface area contributed by atoms with Gasteiger partial charge in [-0.1, -0.05) is 24.3 Å². The van der Waals surface area contributed by atoms with Gasteiger partial charge in [0, 0.05) is 11.5 Å². The van der Waals surface area contributed by atoms with Gasteiger partial charge in [0.25, 0.3) is 11.8 Å². The maximum atomic E-state index is 12.4. The summed E-state index contributed by atoms with van der Waals surface area (Å²) in [5.74, 6) is -0.504. The van der Waals surface area contributed by atoms with E-state index < -0.39 is 0 Å². The van der Waals surface area contributed by atoms with Gasteiger partial charge in [0.15, 0.2) is 0 Å². The zero-order chi connectivity index (χ0) is 15.4. The molecule has 0 aliphatic carbocycles. The molecule has 0 radical (unpaired) electrons. The van der Waals surface area contributed by atoms with Crippen molar-refractivity contribution in [3.63, 3.8) is 0 Å². The normalized spacial score (nSPS) is 10.0. The van der Waals surface area contributed by atoms with E-state index in [-0.39, 0.29) is 11.8 Å². The van der Waals surface area contributed by atoms with Crippen LogP contribution in [0.2, 0.25) is 0 Å². The minimum Gasteiger partial charge on any atom is -0.355 e. The molecule has 0 aliphatic heterocycles. The Kier molecular flexibility index (Phi) is 4.75. The lowest BCUT2D eigenvalue weighted by atomic mass is 10.1. The van der Waals surface area contributed by atoms with E-state index in [1.54, 1.807) is 37.4 Å². The van der Waals surface area contributed by atoms with E-state index in [0.717, 1.165) is 10.0 Å². The number of carbonyl (C=O) groups excluding carboxylic acids is 2. The van der Waals surface area contributed by atoms with Gasteiger partial charge < -0.3 is 10.6 Å². The summed E-state index contributed by atoms with van der Waals surface area (Å²) in [6, 6.07) is 12.4. The van der Waals surface area contributed by atoms with Crippen LogP contribution in [0.5, 0.6) is 0 Å². The lowest BCUT2D eigenvalue weighted by Gasteiger charge is -2.11. The molecule has 0 saturated heterocycles. The van der Waals surface area contributed by atoms with Crippen molar-refractivity contribution in [2.24, 2.45) is 0 Å². The average Bonchev–Trinajstić information content (AvgIpc) is 2.49. The van der Waals surface area contributed by atoms with E-state index >= 15 is 0 Å². The molecule has 2 aromatic carbocycles. The highest BCUT2D eigenvalue weighted by molar-refractivity contribution is 9.10. The molecule has 2 amide bonds. The van der Waals surface area contributed by atoms with Crippen LogP contribution in [0.3, 0.4) is 0 Å². The third kappa shape index (κ3) is 3.31. The van der Waals surface area contributed by atoms with E-state index in [1.807, 2.05) is 19.1 Å². The highest BCUT2D eigenvalue weighted by atomic mass is 79.9. The summed E-state index contributed by atoms with van der Waals surface area (Å²) in [4.78, 5) is 24.2. The lowest BCUT2D eigenvalue weighted by molar-refractivity contribution is 0.0964. The fourth-order valence-electron chi connectivity index (χ4n) is 1.94. The van der Waals surface area contributed by atoms with Gasteiger partial charge in [-0.2, -0.15) is 0 Å². The Morgan fingerprint density at radius 1 is 0.952 bits per heavy atom. The molecule has 2 N–H and O–H groups in total. The Labute approximate surface area is 131 Å². The van der Waals surface area contributed by atoms with Crippen molar-refractivity contribution in [3.05, 3.63) is 63.6 Å². The number of nitrogens with one attached hydrogen (secondary N) is 2. The quantitative estimate of drug-likeness (QED) is 0.894. The topological polar surface area (TPSA) is 58.2 Å². The number of para-hydroxylation sites is 1. The van der Waals surface area contributed by atoms with Crippen LogP contribution in [0.15, 0.2) is 46.9 Å². The second-order valence-electron chi connectivity index (χ2n) is 4.52. The first-order chi connectivity index (χ1) is 10.0. The maximum absolute atomic E-state index is 12.4. The molecule has 0 spiro atoms. The summed E-state index contributed by atoms with van der Waals surface area (Å²) in [5, 5.41) is 5.34. The van der Waals surface area contributed by atoms with Crippen molar-refractivity contribution < 1.29 is 9.59 Å². The van der Waals surface area contributed by atoms with E-state index in [0.29, 0.717) is 16.8 Å². The minimum absolute atomic E-state index is 0.241. The van der Waals surface area contributed by atoms with Crippen LogP contribution in [0.4, 0.5) is 5.69 Å². The van der Waals surface area contributed by atoms with Gasteiger partial charge in [-0.05, 0) is 46.6 Å². The number of halogens is 1. The summed E-state index contributed by atoms with van der Waals surface area (Å²) in [5.41, 5.74) is 2.41. The summed E-state index contributed by atoms with van der Waals surface area (Å²) in [7, 11) is 1.55. The van der Waals surface area contributed by atoms with Gasteiger partial charge in [-0.15, -0.1) is 0 Å². The molecule has 0 fully saturated rings. The standard InChI is InChI=1S/C16H15BrN2O2/c1-10-6-5-8-12(14(10)17)16(21)19-13-9-4-3-7-11(13)15(20)18-2/h3-9H,1-2H3,(H,18,20)(H,19,21). The summed E-state index contributed by atoms with van der Waals surface area (Å²) in [6.45, 7) is 1.92. The van der Waals surface area contributed by atoms with E-state index in [4.69, 9.17) is 0 Å². The number of aryl methyl sites for hydroxylation is 1. The van der Waals surface area contributed by atoms with Crippen LogP contribution in [-0.4, -0.2) is 18.9 Å². The van der Waals surface area contributed by atoms with E-state index in [2.05, 4.69) is 26.6 Å². The van der Waals surface area contributed by atoms with Crippen LogP contribution in [-0.2, 0) is 0 Å². The number of amides is 2. The van der Waals surface area contributed by atoms with E-state index in [1.165, 1.54) is 0 Å². The number of anilines is 1. The second-order valence-corrected chi connectivity index (χ2v) is 5.31. The molecule has 108 valence electrons. The highest BCUT2D eigenvalue weighted by Gasteiger charge is 2.15. The molecule has 2 aromatic rings. The second kappa shape index (κ2) is 6.54. The van der Waals surface area contributed by atoms with Gasteiger partial charge in [0.05, 0.1) is 16.8 Å². The van der Waals surface area contributed by atoms with Gasteiger partial charge in [-0.25, -0.2) is 0 Å². The highest BCUT2D eigenvalue weighted by Crippen LogP contribution is 2.23. The number of carbonyl (C=O) groups is 2. The molecule has 0 saturated carbocycles. The van der Waals surface area contributed by atoms with Crippen molar-refractivity contribution in [1.29, 1.82) is 0 Å². The van der Waals surface area contributed by atoms with Gasteiger partial charge >= 0.3 is 0 Å². The van der Waals surface area contributed by atoms with Crippen molar-refractivity contribution in [2.75, 3.05) is 12.4 Å². The molecule has 0 aliphatic rings. The largest absolute Gasteiger partial charge is 0.355 e. The Morgan fingerprint density at radius 2 is 1.62 bits per heavy atom. The first-order valence-corrected chi connectivity index (χ1v) is 7.21. The third-order valence-electron chi connectivity index (χ3n) is 3.08. The first-order valence-electron chi connectivity index (χ1n) is 6.42. The zero-order valence-electron chi connectivity index (χ0n) is 11.7. The van der Waals surface area contributed by atoms with Crippen LogP contribution in [0.25, 0.3) is 0 Å². The molecule has 0 unspecified atom stereocenters. The molecule has 2 rings (SSSR count). The van der Waals surface area contributed by atoms with Crippen molar-refractivity contribution >= 4 is 33.4 Å². The molecule has 5 heteroatoms. The number of rotatable bonds is 3. The Bertz CT molecular complexity index is 698. The molecule has 0 bridgehead atoms. The van der Waals surface area contributed by atoms with Crippen LogP contribution >= 0.6 is 15.9 Å². The minimum atomic E-state index is -0.262. The number of hydrogen-bond donors (Lipinski definition) is 2. The molecular weight excluding hydrogens is 332 g/mol. The molecular formula is C16H15BrN2O2. The Morgan fingerprint density at radius 3 is 2.33 bits per heavy atom. The van der Waals surface area contributed by atoms with Crippen molar-refractivity contribution in [1.82, 2.24) is 5.32 Å². The fourth-order valence-corrected chi connectivity index (χ4v) is 2.38. The van der Waals surface area contributed by atoms with Crippen molar-refractivity contribution in [3.8, 4) is 0 Å². The number of benzene rings is 2. The summed E-state index contributed by atoms with van der Waals surface area (Å²) >= 11 is 3.42. The van der Waals surface area contributed by atoms with Gasteiger partial charge in [-0.3, -0.25) is 9.59 Å². The van der Waals surface area contributed by atoms with Crippen LogP contribution < -0.4 is 10.6 Å². The predicted octanol–water partition coefficient (Wildman–Crippen LogP) is 3.37. The Balaban J connectivity index is 2.32. The average molecular weight is 347 g/mol. The molecule has 4 nitrogen and oxygen atoms in total. The smallest absolute Gasteiger partial charge is 0.256 e. The van der Waals surface area contributed by atoms with Crippen LogP contribution in [0.1, 0.15) is 26.3 Å². The molecule has 21 heavy (non-hydrogen) atoms. The zero-order valence-corrected chi connectivity index (χ0v) is 13.3.